The maximum absolute atomic E-state index is 12.4. The number of hydrogen-bond acceptors (Lipinski definition) is 1. The van der Waals surface area contributed by atoms with Gasteiger partial charge in [0, 0.05) is 0 Å². The van der Waals surface area contributed by atoms with Crippen LogP contribution in [0.4, 0.5) is 13.2 Å². The average Bonchev–Trinajstić information content (AvgIpc) is 2.16. The molecule has 88 valence electrons. The van der Waals surface area contributed by atoms with Gasteiger partial charge in [0.2, 0.25) is 0 Å². The van der Waals surface area contributed by atoms with Crippen LogP contribution in [-0.2, 0) is 6.18 Å². The second kappa shape index (κ2) is 4.70. The fourth-order valence-electron chi connectivity index (χ4n) is 1.19. The normalized spacial score (nSPS) is 15.0. The number of alkyl halides is 3. The third-order valence-corrected chi connectivity index (χ3v) is 2.27. The Morgan fingerprint density at radius 2 is 2.00 bits per heavy atom. The Morgan fingerprint density at radius 1 is 1.38 bits per heavy atom. The van der Waals surface area contributed by atoms with Crippen LogP contribution in [0.1, 0.15) is 25.0 Å². The smallest absolute Gasteiger partial charge is 0.389 e. The van der Waals surface area contributed by atoms with Crippen LogP contribution >= 0.6 is 0 Å². The molecule has 0 aliphatic heterocycles. The average molecular weight is 230 g/mol. The zero-order valence-corrected chi connectivity index (χ0v) is 9.05. The number of rotatable bonds is 2. The minimum atomic E-state index is -4.33. The number of benzene rings is 1. The van der Waals surface area contributed by atoms with Gasteiger partial charge in [-0.25, -0.2) is 0 Å². The summed E-state index contributed by atoms with van der Waals surface area (Å²) in [6.45, 7) is 3.24. The van der Waals surface area contributed by atoms with Crippen molar-refractivity contribution in [3.05, 3.63) is 41.0 Å². The Morgan fingerprint density at radius 3 is 2.50 bits per heavy atom. The molecule has 1 atom stereocenters. The van der Waals surface area contributed by atoms with E-state index in [4.69, 9.17) is 0 Å². The Hall–Kier alpha value is -1.29. The van der Waals surface area contributed by atoms with Crippen LogP contribution < -0.4 is 0 Å². The molecule has 1 unspecified atom stereocenters. The van der Waals surface area contributed by atoms with E-state index < -0.39 is 17.8 Å². The minimum Gasteiger partial charge on any atom is -0.389 e. The number of hydrogen-bond donors (Lipinski definition) is 1. The molecular formula is C12H13F3O. The first-order valence-electron chi connectivity index (χ1n) is 4.84. The van der Waals surface area contributed by atoms with E-state index in [-0.39, 0.29) is 0 Å². The van der Waals surface area contributed by atoms with Crippen LogP contribution in [0.3, 0.4) is 0 Å². The SMILES string of the molecule is C/C(=C\c1cccc(C(F)(F)F)c1)C(C)O. The van der Waals surface area contributed by atoms with Gasteiger partial charge in [-0.2, -0.15) is 13.2 Å². The third kappa shape index (κ3) is 3.38. The van der Waals surface area contributed by atoms with E-state index in [2.05, 4.69) is 0 Å². The predicted molar refractivity (Wildman–Crippen MR) is 56.8 cm³/mol. The number of aliphatic hydroxyl groups excluding tert-OH is 1. The topological polar surface area (TPSA) is 20.2 Å². The summed E-state index contributed by atoms with van der Waals surface area (Å²) in [7, 11) is 0. The van der Waals surface area contributed by atoms with Crippen LogP contribution in [0.2, 0.25) is 0 Å². The van der Waals surface area contributed by atoms with Crippen molar-refractivity contribution in [2.75, 3.05) is 0 Å². The molecule has 0 bridgehead atoms. The highest BCUT2D eigenvalue weighted by Gasteiger charge is 2.30. The first-order valence-corrected chi connectivity index (χ1v) is 4.84. The van der Waals surface area contributed by atoms with Crippen molar-refractivity contribution in [3.63, 3.8) is 0 Å². The third-order valence-electron chi connectivity index (χ3n) is 2.27. The van der Waals surface area contributed by atoms with Gasteiger partial charge in [0.1, 0.15) is 0 Å². The summed E-state index contributed by atoms with van der Waals surface area (Å²) >= 11 is 0. The highest BCUT2D eigenvalue weighted by Crippen LogP contribution is 2.29. The maximum Gasteiger partial charge on any atom is 0.416 e. The van der Waals surface area contributed by atoms with Gasteiger partial charge in [0.15, 0.2) is 0 Å². The van der Waals surface area contributed by atoms with Gasteiger partial charge >= 0.3 is 6.18 Å². The van der Waals surface area contributed by atoms with Gasteiger partial charge in [0.25, 0.3) is 0 Å². The number of halogens is 3. The van der Waals surface area contributed by atoms with Crippen LogP contribution in [0.25, 0.3) is 6.08 Å². The molecule has 0 spiro atoms. The molecule has 0 aliphatic rings. The molecule has 1 rings (SSSR count). The molecule has 0 aromatic heterocycles. The second-order valence-electron chi connectivity index (χ2n) is 3.69. The van der Waals surface area contributed by atoms with E-state index in [1.807, 2.05) is 0 Å². The zero-order chi connectivity index (χ0) is 12.3. The molecule has 0 heterocycles. The standard InChI is InChI=1S/C12H13F3O/c1-8(9(2)16)6-10-4-3-5-11(7-10)12(13,14)15/h3-7,9,16H,1-2H3/b8-6+. The van der Waals surface area contributed by atoms with Gasteiger partial charge in [-0.3, -0.25) is 0 Å². The molecular weight excluding hydrogens is 217 g/mol. The summed E-state index contributed by atoms with van der Waals surface area (Å²) in [5.41, 5.74) is 0.382. The fraction of sp³-hybridized carbons (Fsp3) is 0.333. The molecule has 4 heteroatoms. The second-order valence-corrected chi connectivity index (χ2v) is 3.69. The van der Waals surface area contributed by atoms with E-state index in [0.29, 0.717) is 11.1 Å². The van der Waals surface area contributed by atoms with Crippen molar-refractivity contribution in [3.8, 4) is 0 Å². The highest BCUT2D eigenvalue weighted by atomic mass is 19.4. The van der Waals surface area contributed by atoms with E-state index in [9.17, 15) is 18.3 Å². The van der Waals surface area contributed by atoms with Gasteiger partial charge < -0.3 is 5.11 Å². The first-order chi connectivity index (χ1) is 7.30. The Labute approximate surface area is 92.2 Å². The van der Waals surface area contributed by atoms with Crippen LogP contribution in [-0.4, -0.2) is 11.2 Å². The monoisotopic (exact) mass is 230 g/mol. The molecule has 1 nitrogen and oxygen atoms in total. The zero-order valence-electron chi connectivity index (χ0n) is 9.05. The van der Waals surface area contributed by atoms with E-state index >= 15 is 0 Å². The fourth-order valence-corrected chi connectivity index (χ4v) is 1.19. The molecule has 0 fully saturated rings. The summed E-state index contributed by atoms with van der Waals surface area (Å²) in [6.07, 6.45) is -3.45. The van der Waals surface area contributed by atoms with Gasteiger partial charge in [-0.15, -0.1) is 0 Å². The van der Waals surface area contributed by atoms with E-state index in [1.54, 1.807) is 26.0 Å². The Kier molecular flexibility index (Phi) is 3.75. The molecule has 0 amide bonds. The Balaban J connectivity index is 3.05. The van der Waals surface area contributed by atoms with Crippen molar-refractivity contribution in [2.45, 2.75) is 26.1 Å². The Bertz CT molecular complexity index is 391. The minimum absolute atomic E-state index is 0.438. The predicted octanol–water partition coefficient (Wildman–Crippen LogP) is 3.49. The van der Waals surface area contributed by atoms with Crippen molar-refractivity contribution in [2.24, 2.45) is 0 Å². The van der Waals surface area contributed by atoms with Crippen LogP contribution in [0.15, 0.2) is 29.8 Å². The first kappa shape index (κ1) is 12.8. The quantitative estimate of drug-likeness (QED) is 0.824. The lowest BCUT2D eigenvalue weighted by Gasteiger charge is -2.08. The molecule has 0 radical (unpaired) electrons. The van der Waals surface area contributed by atoms with Gasteiger partial charge in [0.05, 0.1) is 11.7 Å². The molecule has 1 aromatic carbocycles. The van der Waals surface area contributed by atoms with E-state index in [1.165, 1.54) is 6.07 Å². The van der Waals surface area contributed by atoms with Gasteiger partial charge in [-0.05, 0) is 37.1 Å². The lowest BCUT2D eigenvalue weighted by Crippen LogP contribution is -2.05. The molecule has 0 saturated carbocycles. The van der Waals surface area contributed by atoms with Crippen LogP contribution in [0.5, 0.6) is 0 Å². The van der Waals surface area contributed by atoms with Crippen molar-refractivity contribution in [1.29, 1.82) is 0 Å². The molecule has 0 saturated heterocycles. The largest absolute Gasteiger partial charge is 0.416 e. The molecule has 1 N–H and O–H groups in total. The summed E-state index contributed by atoms with van der Waals surface area (Å²) < 4.78 is 37.2. The van der Waals surface area contributed by atoms with Crippen molar-refractivity contribution >= 4 is 6.08 Å². The van der Waals surface area contributed by atoms with Crippen LogP contribution in [0, 0.1) is 0 Å². The summed E-state index contributed by atoms with van der Waals surface area (Å²) in [4.78, 5) is 0. The lowest BCUT2D eigenvalue weighted by molar-refractivity contribution is -0.137. The maximum atomic E-state index is 12.4. The van der Waals surface area contributed by atoms with Crippen molar-refractivity contribution < 1.29 is 18.3 Å². The summed E-state index contributed by atoms with van der Waals surface area (Å²) in [5, 5.41) is 9.22. The summed E-state index contributed by atoms with van der Waals surface area (Å²) in [6, 6.07) is 5.01. The molecule has 16 heavy (non-hydrogen) atoms. The van der Waals surface area contributed by atoms with E-state index in [0.717, 1.165) is 12.1 Å². The highest BCUT2D eigenvalue weighted by molar-refractivity contribution is 5.54. The number of aliphatic hydroxyl groups is 1. The molecule has 1 aromatic rings. The molecule has 0 aliphatic carbocycles. The summed E-state index contributed by atoms with van der Waals surface area (Å²) in [5.74, 6) is 0. The van der Waals surface area contributed by atoms with Gasteiger partial charge in [-0.1, -0.05) is 18.2 Å². The lowest BCUT2D eigenvalue weighted by atomic mass is 10.1. The van der Waals surface area contributed by atoms with Crippen molar-refractivity contribution in [1.82, 2.24) is 0 Å².